The van der Waals surface area contributed by atoms with E-state index in [-0.39, 0.29) is 36.8 Å². The highest BCUT2D eigenvalue weighted by molar-refractivity contribution is 5.97. The van der Waals surface area contributed by atoms with E-state index in [0.29, 0.717) is 24.4 Å². The molecule has 1 aliphatic heterocycles. The van der Waals surface area contributed by atoms with Gasteiger partial charge in [0.25, 0.3) is 5.91 Å². The summed E-state index contributed by atoms with van der Waals surface area (Å²) in [5, 5.41) is 0. The van der Waals surface area contributed by atoms with Crippen molar-refractivity contribution in [2.75, 3.05) is 13.1 Å². The maximum atomic E-state index is 12.9. The van der Waals surface area contributed by atoms with Crippen LogP contribution in [0.4, 0.5) is 4.39 Å². The van der Waals surface area contributed by atoms with Crippen LogP contribution in [0.5, 0.6) is 5.75 Å². The van der Waals surface area contributed by atoms with Gasteiger partial charge in [0.1, 0.15) is 18.2 Å². The van der Waals surface area contributed by atoms with Gasteiger partial charge in [0, 0.05) is 19.1 Å². The van der Waals surface area contributed by atoms with E-state index >= 15 is 0 Å². The van der Waals surface area contributed by atoms with Crippen LogP contribution in [0.2, 0.25) is 0 Å². The topological polar surface area (TPSA) is 55.6 Å². The van der Waals surface area contributed by atoms with Crippen LogP contribution in [-0.4, -0.2) is 29.9 Å². The average molecular weight is 351 g/mol. The van der Waals surface area contributed by atoms with Gasteiger partial charge in [-0.25, -0.2) is 4.39 Å². The largest absolute Gasteiger partial charge is 0.488 e. The van der Waals surface area contributed by atoms with Crippen LogP contribution >= 0.6 is 12.4 Å². The first-order chi connectivity index (χ1) is 11.1. The van der Waals surface area contributed by atoms with Gasteiger partial charge in [-0.05, 0) is 36.2 Å². The lowest BCUT2D eigenvalue weighted by atomic mass is 10.1. The van der Waals surface area contributed by atoms with Crippen LogP contribution in [0.15, 0.2) is 48.5 Å². The molecule has 1 heterocycles. The third-order valence-corrected chi connectivity index (χ3v) is 3.94. The molecule has 6 heteroatoms. The van der Waals surface area contributed by atoms with Gasteiger partial charge in [0.15, 0.2) is 0 Å². The minimum Gasteiger partial charge on any atom is -0.488 e. The normalized spacial score (nSPS) is 16.6. The molecule has 1 aliphatic rings. The van der Waals surface area contributed by atoms with E-state index < -0.39 is 0 Å². The number of rotatable bonds is 4. The number of carbonyl (C=O) groups is 1. The summed E-state index contributed by atoms with van der Waals surface area (Å²) in [5.74, 6) is 0.185. The van der Waals surface area contributed by atoms with E-state index in [1.54, 1.807) is 29.2 Å². The van der Waals surface area contributed by atoms with Crippen LogP contribution in [0.3, 0.4) is 0 Å². The molecule has 128 valence electrons. The Balaban J connectivity index is 0.00000208. The van der Waals surface area contributed by atoms with Crippen molar-refractivity contribution in [1.82, 2.24) is 4.90 Å². The molecule has 0 aliphatic carbocycles. The Bertz CT molecular complexity index is 694. The van der Waals surface area contributed by atoms with Crippen LogP contribution in [0.1, 0.15) is 22.3 Å². The third-order valence-electron chi connectivity index (χ3n) is 3.94. The second-order valence-corrected chi connectivity index (χ2v) is 5.71. The summed E-state index contributed by atoms with van der Waals surface area (Å²) in [7, 11) is 0. The monoisotopic (exact) mass is 350 g/mol. The predicted molar refractivity (Wildman–Crippen MR) is 92.9 cm³/mol. The third kappa shape index (κ3) is 4.24. The fraction of sp³-hybridized carbons (Fsp3) is 0.278. The molecule has 0 bridgehead atoms. The fourth-order valence-corrected chi connectivity index (χ4v) is 2.65. The highest BCUT2D eigenvalue weighted by Crippen LogP contribution is 2.23. The summed E-state index contributed by atoms with van der Waals surface area (Å²) in [4.78, 5) is 14.4. The second kappa shape index (κ2) is 8.13. The minimum absolute atomic E-state index is 0. The fourth-order valence-electron chi connectivity index (χ4n) is 2.65. The quantitative estimate of drug-likeness (QED) is 0.922. The van der Waals surface area contributed by atoms with Crippen molar-refractivity contribution in [1.29, 1.82) is 0 Å². The van der Waals surface area contributed by atoms with E-state index in [4.69, 9.17) is 10.5 Å². The molecule has 2 N–H and O–H groups in total. The molecular weight excluding hydrogens is 331 g/mol. The van der Waals surface area contributed by atoms with Gasteiger partial charge >= 0.3 is 0 Å². The Morgan fingerprint density at radius 2 is 1.92 bits per heavy atom. The number of ether oxygens (including phenoxy) is 1. The smallest absolute Gasteiger partial charge is 0.257 e. The van der Waals surface area contributed by atoms with E-state index in [0.717, 1.165) is 12.0 Å². The number of para-hydroxylation sites is 1. The van der Waals surface area contributed by atoms with Crippen molar-refractivity contribution >= 4 is 18.3 Å². The molecule has 1 fully saturated rings. The first-order valence-electron chi connectivity index (χ1n) is 7.64. The molecule has 2 aromatic rings. The van der Waals surface area contributed by atoms with Gasteiger partial charge < -0.3 is 15.4 Å². The summed E-state index contributed by atoms with van der Waals surface area (Å²) in [6.07, 6.45) is 0.824. The lowest BCUT2D eigenvalue weighted by Crippen LogP contribution is -2.32. The van der Waals surface area contributed by atoms with Crippen molar-refractivity contribution in [3.05, 3.63) is 65.5 Å². The second-order valence-electron chi connectivity index (χ2n) is 5.71. The lowest BCUT2D eigenvalue weighted by Gasteiger charge is -2.18. The standard InChI is InChI=1S/C18H19FN2O2.ClH/c19-14-7-5-13(6-8-14)12-23-17-4-2-1-3-16(17)18(22)21-10-9-15(20)11-21;/h1-8,15H,9-12,20H2;1H/t15-;/m1./s1. The van der Waals surface area contributed by atoms with Gasteiger partial charge in [0.05, 0.1) is 5.56 Å². The average Bonchev–Trinajstić information content (AvgIpc) is 3.00. The summed E-state index contributed by atoms with van der Waals surface area (Å²) in [5.41, 5.74) is 7.25. The molecule has 4 nitrogen and oxygen atoms in total. The number of amides is 1. The summed E-state index contributed by atoms with van der Waals surface area (Å²) >= 11 is 0. The van der Waals surface area contributed by atoms with Crippen molar-refractivity contribution in [2.24, 2.45) is 5.73 Å². The molecule has 0 spiro atoms. The molecule has 1 amide bonds. The number of nitrogens with two attached hydrogens (primary N) is 1. The van der Waals surface area contributed by atoms with Gasteiger partial charge in [-0.3, -0.25) is 4.79 Å². The Labute approximate surface area is 146 Å². The summed E-state index contributed by atoms with van der Waals surface area (Å²) < 4.78 is 18.7. The Morgan fingerprint density at radius 1 is 1.21 bits per heavy atom. The Hall–Kier alpha value is -2.11. The molecule has 24 heavy (non-hydrogen) atoms. The molecule has 1 atom stereocenters. The van der Waals surface area contributed by atoms with Gasteiger partial charge in [-0.1, -0.05) is 24.3 Å². The molecular formula is C18H20ClFN2O2. The SMILES string of the molecule is Cl.N[C@@H]1CCN(C(=O)c2ccccc2OCc2ccc(F)cc2)C1. The van der Waals surface area contributed by atoms with Crippen LogP contribution in [-0.2, 0) is 6.61 Å². The molecule has 0 saturated carbocycles. The summed E-state index contributed by atoms with van der Waals surface area (Å²) in [6, 6.07) is 13.3. The predicted octanol–water partition coefficient (Wildman–Crippen LogP) is 3.00. The number of carbonyl (C=O) groups excluding carboxylic acids is 1. The van der Waals surface area contributed by atoms with Crippen LogP contribution in [0, 0.1) is 5.82 Å². The Morgan fingerprint density at radius 3 is 2.58 bits per heavy atom. The Kier molecular flexibility index (Phi) is 6.17. The molecule has 0 unspecified atom stereocenters. The molecule has 0 aromatic heterocycles. The zero-order valence-electron chi connectivity index (χ0n) is 13.2. The molecule has 3 rings (SSSR count). The number of nitrogens with zero attached hydrogens (tertiary/aromatic N) is 1. The van der Waals surface area contributed by atoms with Gasteiger partial charge in [0.2, 0.25) is 0 Å². The number of hydrogen-bond donors (Lipinski definition) is 1. The van der Waals surface area contributed by atoms with Gasteiger partial charge in [-0.2, -0.15) is 0 Å². The highest BCUT2D eigenvalue weighted by atomic mass is 35.5. The van der Waals surface area contributed by atoms with Crippen molar-refractivity contribution in [3.8, 4) is 5.75 Å². The van der Waals surface area contributed by atoms with E-state index in [1.807, 2.05) is 12.1 Å². The molecule has 2 aromatic carbocycles. The van der Waals surface area contributed by atoms with E-state index in [9.17, 15) is 9.18 Å². The van der Waals surface area contributed by atoms with E-state index in [1.165, 1.54) is 12.1 Å². The van der Waals surface area contributed by atoms with Crippen molar-refractivity contribution in [3.63, 3.8) is 0 Å². The molecule has 0 radical (unpaired) electrons. The molecule has 1 saturated heterocycles. The zero-order chi connectivity index (χ0) is 16.2. The first-order valence-corrected chi connectivity index (χ1v) is 7.64. The number of benzene rings is 2. The maximum absolute atomic E-state index is 12.9. The number of hydrogen-bond acceptors (Lipinski definition) is 3. The van der Waals surface area contributed by atoms with Gasteiger partial charge in [-0.15, -0.1) is 12.4 Å². The van der Waals surface area contributed by atoms with Crippen molar-refractivity contribution in [2.45, 2.75) is 19.1 Å². The van der Waals surface area contributed by atoms with E-state index in [2.05, 4.69) is 0 Å². The maximum Gasteiger partial charge on any atom is 0.257 e. The van der Waals surface area contributed by atoms with Crippen molar-refractivity contribution < 1.29 is 13.9 Å². The van der Waals surface area contributed by atoms with Crippen LogP contribution < -0.4 is 10.5 Å². The first kappa shape index (κ1) is 18.2. The van der Waals surface area contributed by atoms with Crippen LogP contribution in [0.25, 0.3) is 0 Å². The highest BCUT2D eigenvalue weighted by Gasteiger charge is 2.26. The zero-order valence-corrected chi connectivity index (χ0v) is 14.0. The summed E-state index contributed by atoms with van der Waals surface area (Å²) in [6.45, 7) is 1.53. The number of halogens is 2. The minimum atomic E-state index is -0.283. The number of likely N-dealkylation sites (tertiary alicyclic amines) is 1. The lowest BCUT2D eigenvalue weighted by molar-refractivity contribution is 0.0786.